The highest BCUT2D eigenvalue weighted by molar-refractivity contribution is 9.10. The highest BCUT2D eigenvalue weighted by Crippen LogP contribution is 2.25. The zero-order valence-electron chi connectivity index (χ0n) is 9.12. The molecule has 1 aromatic rings. The number of ketones is 1. The molecule has 7 heteroatoms. The number of Topliss-reactive ketones (excluding diaryl/α,β-unsaturated/α-hetero) is 1. The van der Waals surface area contributed by atoms with Crippen molar-refractivity contribution < 1.29 is 27.5 Å². The maximum atomic E-state index is 12.0. The fraction of sp³-hybridized carbons (Fsp3) is 0.273. The fourth-order valence-corrected chi connectivity index (χ4v) is 1.52. The van der Waals surface area contributed by atoms with Gasteiger partial charge >= 0.3 is 6.36 Å². The molecule has 0 spiro atoms. The summed E-state index contributed by atoms with van der Waals surface area (Å²) in [7, 11) is 0. The average molecular weight is 325 g/mol. The van der Waals surface area contributed by atoms with E-state index in [1.165, 1.54) is 0 Å². The van der Waals surface area contributed by atoms with E-state index in [0.29, 0.717) is 6.29 Å². The number of carbonyl (C=O) groups excluding carboxylic acids is 2. The molecule has 18 heavy (non-hydrogen) atoms. The minimum absolute atomic E-state index is 0.0453. The summed E-state index contributed by atoms with van der Waals surface area (Å²) in [6.07, 6.45) is -4.53. The van der Waals surface area contributed by atoms with Gasteiger partial charge in [0.1, 0.15) is 5.75 Å². The summed E-state index contributed by atoms with van der Waals surface area (Å²) in [6, 6.07) is 3.00. The van der Waals surface area contributed by atoms with E-state index >= 15 is 0 Å². The number of hydrogen-bond donors (Lipinski definition) is 0. The Morgan fingerprint density at radius 3 is 2.50 bits per heavy atom. The van der Waals surface area contributed by atoms with E-state index in [9.17, 15) is 22.8 Å². The maximum Gasteiger partial charge on any atom is 0.573 e. The molecule has 0 fully saturated rings. The van der Waals surface area contributed by atoms with Crippen molar-refractivity contribution in [3.63, 3.8) is 0 Å². The lowest BCUT2D eigenvalue weighted by Gasteiger charge is -2.11. The molecule has 1 rings (SSSR count). The third kappa shape index (κ3) is 3.83. The summed E-state index contributed by atoms with van der Waals surface area (Å²) in [4.78, 5) is 21.9. The monoisotopic (exact) mass is 324 g/mol. The van der Waals surface area contributed by atoms with Crippen molar-refractivity contribution in [2.24, 2.45) is 0 Å². The quantitative estimate of drug-likeness (QED) is 0.484. The second-order valence-corrected chi connectivity index (χ2v) is 4.77. The first-order valence-electron chi connectivity index (χ1n) is 4.78. The smallest absolute Gasteiger partial charge is 0.406 e. The Morgan fingerprint density at radius 2 is 2.06 bits per heavy atom. The molecule has 0 radical (unpaired) electrons. The van der Waals surface area contributed by atoms with E-state index in [4.69, 9.17) is 0 Å². The van der Waals surface area contributed by atoms with E-state index in [1.807, 2.05) is 0 Å². The summed E-state index contributed by atoms with van der Waals surface area (Å²) in [6.45, 7) is 1.55. The van der Waals surface area contributed by atoms with Crippen molar-refractivity contribution in [1.29, 1.82) is 0 Å². The molecule has 1 atom stereocenters. The normalized spacial score (nSPS) is 12.9. The van der Waals surface area contributed by atoms with Crippen LogP contribution in [-0.2, 0) is 0 Å². The topological polar surface area (TPSA) is 43.4 Å². The van der Waals surface area contributed by atoms with Crippen LogP contribution in [0.4, 0.5) is 13.2 Å². The van der Waals surface area contributed by atoms with Gasteiger partial charge in [-0.1, -0.05) is 15.9 Å². The van der Waals surface area contributed by atoms with Crippen molar-refractivity contribution in [3.8, 4) is 5.75 Å². The molecule has 3 nitrogen and oxygen atoms in total. The Hall–Kier alpha value is -1.37. The molecule has 0 aliphatic rings. The Balaban J connectivity index is 3.12. The number of aldehydes is 1. The number of carbonyl (C=O) groups is 2. The van der Waals surface area contributed by atoms with Gasteiger partial charge in [0.05, 0.1) is 4.83 Å². The molecular weight excluding hydrogens is 317 g/mol. The third-order valence-corrected chi connectivity index (χ3v) is 2.43. The number of benzene rings is 1. The summed E-state index contributed by atoms with van der Waals surface area (Å²) in [5.41, 5.74) is -0.100. The predicted octanol–water partition coefficient (Wildman–Crippen LogP) is 3.36. The lowest BCUT2D eigenvalue weighted by molar-refractivity contribution is -0.274. The predicted molar refractivity (Wildman–Crippen MR) is 61.2 cm³/mol. The average Bonchev–Trinajstić information content (AvgIpc) is 2.25. The van der Waals surface area contributed by atoms with Crippen LogP contribution in [-0.4, -0.2) is 23.3 Å². The number of alkyl halides is 4. The van der Waals surface area contributed by atoms with Gasteiger partial charge in [-0.2, -0.15) is 0 Å². The molecule has 0 bridgehead atoms. The minimum atomic E-state index is -4.84. The molecule has 0 aliphatic heterocycles. The molecule has 0 N–H and O–H groups in total. The first-order chi connectivity index (χ1) is 8.24. The van der Waals surface area contributed by atoms with Crippen LogP contribution in [0.25, 0.3) is 0 Å². The molecule has 0 saturated carbocycles. The lowest BCUT2D eigenvalue weighted by Crippen LogP contribution is -2.18. The first-order valence-corrected chi connectivity index (χ1v) is 5.69. The van der Waals surface area contributed by atoms with Gasteiger partial charge in [0.2, 0.25) is 0 Å². The zero-order chi connectivity index (χ0) is 13.9. The molecular formula is C11H8BrF3O3. The van der Waals surface area contributed by atoms with Crippen molar-refractivity contribution in [2.75, 3.05) is 0 Å². The summed E-state index contributed by atoms with van der Waals surface area (Å²) in [5.74, 6) is -0.931. The molecule has 0 aliphatic carbocycles. The Kier molecular flexibility index (Phi) is 4.50. The lowest BCUT2D eigenvalue weighted by atomic mass is 10.0. The van der Waals surface area contributed by atoms with Crippen LogP contribution >= 0.6 is 15.9 Å². The van der Waals surface area contributed by atoms with E-state index < -0.39 is 22.7 Å². The Labute approximate surface area is 109 Å². The van der Waals surface area contributed by atoms with E-state index in [-0.39, 0.29) is 11.1 Å². The minimum Gasteiger partial charge on any atom is -0.406 e. The third-order valence-electron chi connectivity index (χ3n) is 2.01. The fourth-order valence-electron chi connectivity index (χ4n) is 1.27. The van der Waals surface area contributed by atoms with Gasteiger partial charge in [0, 0.05) is 11.1 Å². The highest BCUT2D eigenvalue weighted by Gasteiger charge is 2.31. The number of ether oxygens (including phenoxy) is 1. The van der Waals surface area contributed by atoms with Gasteiger partial charge < -0.3 is 4.74 Å². The highest BCUT2D eigenvalue weighted by atomic mass is 79.9. The number of halogens is 4. The molecule has 0 amide bonds. The second kappa shape index (κ2) is 5.51. The van der Waals surface area contributed by atoms with Crippen LogP contribution in [0.2, 0.25) is 0 Å². The van der Waals surface area contributed by atoms with E-state index in [0.717, 1.165) is 18.2 Å². The standard InChI is InChI=1S/C11H8BrF3O3/c1-6(12)10(17)9-3-2-8(4-7(9)5-16)18-11(13,14)15/h2-6H,1H3. The van der Waals surface area contributed by atoms with Crippen LogP contribution in [0, 0.1) is 0 Å². The van der Waals surface area contributed by atoms with E-state index in [1.54, 1.807) is 6.92 Å². The zero-order valence-corrected chi connectivity index (χ0v) is 10.7. The van der Waals surface area contributed by atoms with Gasteiger partial charge in [-0.3, -0.25) is 9.59 Å². The van der Waals surface area contributed by atoms with Crippen LogP contribution < -0.4 is 4.74 Å². The molecule has 1 aromatic carbocycles. The first kappa shape index (κ1) is 14.7. The van der Waals surface area contributed by atoms with Gasteiger partial charge in [-0.05, 0) is 25.1 Å². The maximum absolute atomic E-state index is 12.0. The summed E-state index contributed by atoms with van der Waals surface area (Å²) < 4.78 is 39.6. The van der Waals surface area contributed by atoms with Gasteiger partial charge in [0.25, 0.3) is 0 Å². The largest absolute Gasteiger partial charge is 0.573 e. The SMILES string of the molecule is CC(Br)C(=O)c1ccc(OC(F)(F)F)cc1C=O. The molecule has 98 valence electrons. The van der Waals surface area contributed by atoms with Crippen molar-refractivity contribution in [1.82, 2.24) is 0 Å². The van der Waals surface area contributed by atoms with Crippen molar-refractivity contribution >= 4 is 28.0 Å². The molecule has 0 saturated heterocycles. The molecule has 1 unspecified atom stereocenters. The van der Waals surface area contributed by atoms with Crippen LogP contribution in [0.1, 0.15) is 27.6 Å². The molecule has 0 aromatic heterocycles. The molecule has 0 heterocycles. The van der Waals surface area contributed by atoms with Crippen molar-refractivity contribution in [2.45, 2.75) is 18.1 Å². The Morgan fingerprint density at radius 1 is 1.44 bits per heavy atom. The van der Waals surface area contributed by atoms with Crippen LogP contribution in [0.3, 0.4) is 0 Å². The number of rotatable bonds is 4. The van der Waals surface area contributed by atoms with E-state index in [2.05, 4.69) is 20.7 Å². The van der Waals surface area contributed by atoms with Crippen LogP contribution in [0.5, 0.6) is 5.75 Å². The number of hydrogen-bond acceptors (Lipinski definition) is 3. The van der Waals surface area contributed by atoms with Crippen molar-refractivity contribution in [3.05, 3.63) is 29.3 Å². The second-order valence-electron chi connectivity index (χ2n) is 3.39. The van der Waals surface area contributed by atoms with Gasteiger partial charge in [-0.25, -0.2) is 0 Å². The summed E-state index contributed by atoms with van der Waals surface area (Å²) >= 11 is 3.03. The van der Waals surface area contributed by atoms with Gasteiger partial charge in [-0.15, -0.1) is 13.2 Å². The van der Waals surface area contributed by atoms with Gasteiger partial charge in [0.15, 0.2) is 12.1 Å². The summed E-state index contributed by atoms with van der Waals surface area (Å²) in [5, 5.41) is 0. The Bertz CT molecular complexity index is 469. The van der Waals surface area contributed by atoms with Crippen LogP contribution in [0.15, 0.2) is 18.2 Å².